The molecule has 0 saturated carbocycles. The van der Waals surface area contributed by atoms with E-state index in [9.17, 15) is 0 Å². The highest BCUT2D eigenvalue weighted by atomic mass is 15.2. The van der Waals surface area contributed by atoms with E-state index in [2.05, 4.69) is 257 Å². The third-order valence-electron chi connectivity index (χ3n) is 13.9. The first-order valence-corrected chi connectivity index (χ1v) is 24.0. The molecule has 0 saturated heterocycles. The van der Waals surface area contributed by atoms with E-state index in [1.54, 1.807) is 0 Å². The number of anilines is 6. The van der Waals surface area contributed by atoms with Gasteiger partial charge in [-0.2, -0.15) is 0 Å². The summed E-state index contributed by atoms with van der Waals surface area (Å²) in [6, 6.07) is 60.9. The highest BCUT2D eigenvalue weighted by Crippen LogP contribution is 2.47. The summed E-state index contributed by atoms with van der Waals surface area (Å²) in [6.45, 7) is 27.7. The third kappa shape index (κ3) is 8.07. The molecule has 0 amide bonds. The van der Waals surface area contributed by atoms with Gasteiger partial charge in [0, 0.05) is 50.8 Å². The van der Waals surface area contributed by atoms with Crippen LogP contribution in [0.15, 0.2) is 164 Å². The first-order valence-electron chi connectivity index (χ1n) is 24.0. The van der Waals surface area contributed by atoms with Crippen LogP contribution in [0.1, 0.15) is 105 Å². The second-order valence-corrected chi connectivity index (χ2v) is 22.9. The fourth-order valence-corrected chi connectivity index (χ4v) is 9.93. The Kier molecular flexibility index (Phi) is 10.5. The molecule has 8 aromatic rings. The Bertz CT molecular complexity index is 2940. The minimum atomic E-state index is -0.0512. The fraction of sp³-hybridized carbons (Fsp3) is 0.258. The molecule has 3 heterocycles. The fourth-order valence-electron chi connectivity index (χ4n) is 9.93. The normalized spacial score (nSPS) is 13.6. The van der Waals surface area contributed by atoms with Crippen LogP contribution in [0.25, 0.3) is 33.9 Å². The largest absolute Gasteiger partial charge is 0.311 e. The van der Waals surface area contributed by atoms with E-state index in [0.717, 1.165) is 50.8 Å². The number of fused-ring (bicyclic) bond motifs is 4. The van der Waals surface area contributed by atoms with Crippen molar-refractivity contribution in [3.8, 4) is 33.9 Å². The summed E-state index contributed by atoms with van der Waals surface area (Å²) in [5, 5.41) is 0. The molecule has 67 heavy (non-hydrogen) atoms. The van der Waals surface area contributed by atoms with E-state index in [-0.39, 0.29) is 28.4 Å². The maximum atomic E-state index is 5.45. The van der Waals surface area contributed by atoms with Gasteiger partial charge in [0.2, 0.25) is 0 Å². The molecule has 10 rings (SSSR count). The maximum absolute atomic E-state index is 5.45. The Labute approximate surface area is 399 Å². The second-order valence-electron chi connectivity index (χ2n) is 22.9. The van der Waals surface area contributed by atoms with Gasteiger partial charge in [-0.15, -0.1) is 0 Å². The summed E-state index contributed by atoms with van der Waals surface area (Å²) in [5.41, 5.74) is 20.8. The van der Waals surface area contributed by atoms with Crippen molar-refractivity contribution in [1.29, 1.82) is 0 Å². The first-order chi connectivity index (χ1) is 31.7. The molecule has 0 unspecified atom stereocenters. The van der Waals surface area contributed by atoms with Gasteiger partial charge in [-0.3, -0.25) is 0 Å². The molecule has 0 atom stereocenters. The van der Waals surface area contributed by atoms with E-state index in [4.69, 9.17) is 9.97 Å². The lowest BCUT2D eigenvalue weighted by Gasteiger charge is -2.45. The molecule has 1 aromatic heterocycles. The van der Waals surface area contributed by atoms with Crippen LogP contribution < -0.4 is 26.2 Å². The topological polar surface area (TPSA) is 32.3 Å². The van der Waals surface area contributed by atoms with Gasteiger partial charge in [0.05, 0.1) is 11.4 Å². The molecule has 0 N–H and O–H groups in total. The maximum Gasteiger partial charge on any atom is 0.252 e. The van der Waals surface area contributed by atoms with Crippen LogP contribution in [0.5, 0.6) is 0 Å². The average molecular weight is 875 g/mol. The Hall–Kier alpha value is -6.72. The van der Waals surface area contributed by atoms with Gasteiger partial charge in [0.1, 0.15) is 0 Å². The van der Waals surface area contributed by atoms with Crippen LogP contribution in [-0.4, -0.2) is 16.7 Å². The molecular weight excluding hydrogens is 812 g/mol. The molecule has 0 bridgehead atoms. The number of nitrogens with zero attached hydrogens (tertiary/aromatic N) is 4. The predicted octanol–water partition coefficient (Wildman–Crippen LogP) is 14.8. The van der Waals surface area contributed by atoms with Crippen LogP contribution in [0.4, 0.5) is 34.1 Å². The van der Waals surface area contributed by atoms with E-state index < -0.39 is 0 Å². The van der Waals surface area contributed by atoms with Crippen LogP contribution in [-0.2, 0) is 21.7 Å². The van der Waals surface area contributed by atoms with Crippen molar-refractivity contribution in [3.05, 3.63) is 186 Å². The van der Waals surface area contributed by atoms with Gasteiger partial charge in [0.25, 0.3) is 6.71 Å². The molecule has 334 valence electrons. The number of hydrogen-bond acceptors (Lipinski definition) is 4. The average Bonchev–Trinajstić information content (AvgIpc) is 3.30. The van der Waals surface area contributed by atoms with E-state index in [0.29, 0.717) is 5.82 Å². The SMILES string of the molecule is CC(C)(C)c1ccc(N2c3ccc(C(C)(C)C)cc3B3c4cc(C(C)(C)C)ccc4N(c4ccc(C(C)(C)C)cc4)c4cc(-c5nc(-c6ccccc6)cc(-c6ccccc6)n5)cc2c43)cc1. The number of benzene rings is 7. The van der Waals surface area contributed by atoms with E-state index >= 15 is 0 Å². The lowest BCUT2D eigenvalue weighted by molar-refractivity contribution is 0.590. The Morgan fingerprint density at radius 1 is 0.343 bits per heavy atom. The lowest BCUT2D eigenvalue weighted by Crippen LogP contribution is -2.61. The summed E-state index contributed by atoms with van der Waals surface area (Å²) in [7, 11) is 0. The summed E-state index contributed by atoms with van der Waals surface area (Å²) < 4.78 is 0. The van der Waals surface area contributed by atoms with Gasteiger partial charge in [-0.05, 0) is 115 Å². The van der Waals surface area contributed by atoms with E-state index in [1.165, 1.54) is 50.0 Å². The Balaban J connectivity index is 1.33. The van der Waals surface area contributed by atoms with Crippen molar-refractivity contribution in [1.82, 2.24) is 9.97 Å². The molecule has 0 aliphatic carbocycles. The minimum Gasteiger partial charge on any atom is -0.311 e. The summed E-state index contributed by atoms with van der Waals surface area (Å²) in [6.07, 6.45) is 0. The van der Waals surface area contributed by atoms with Crippen molar-refractivity contribution < 1.29 is 0 Å². The van der Waals surface area contributed by atoms with Gasteiger partial charge in [0.15, 0.2) is 5.82 Å². The summed E-state index contributed by atoms with van der Waals surface area (Å²) in [4.78, 5) is 15.9. The van der Waals surface area contributed by atoms with E-state index in [1.807, 2.05) is 0 Å². The molecule has 2 aliphatic rings. The zero-order chi connectivity index (χ0) is 47.2. The van der Waals surface area contributed by atoms with Gasteiger partial charge >= 0.3 is 0 Å². The minimum absolute atomic E-state index is 0.0131. The number of rotatable bonds is 5. The van der Waals surface area contributed by atoms with Crippen LogP contribution in [0.3, 0.4) is 0 Å². The van der Waals surface area contributed by atoms with Crippen LogP contribution >= 0.6 is 0 Å². The summed E-state index contributed by atoms with van der Waals surface area (Å²) >= 11 is 0. The van der Waals surface area contributed by atoms with Gasteiger partial charge in [-0.25, -0.2) is 9.97 Å². The molecule has 4 nitrogen and oxygen atoms in total. The second kappa shape index (κ2) is 16.0. The highest BCUT2D eigenvalue weighted by Gasteiger charge is 2.45. The van der Waals surface area contributed by atoms with Crippen LogP contribution in [0.2, 0.25) is 0 Å². The quantitative estimate of drug-likeness (QED) is 0.161. The monoisotopic (exact) mass is 875 g/mol. The molecule has 0 radical (unpaired) electrons. The van der Waals surface area contributed by atoms with Gasteiger partial charge in [-0.1, -0.05) is 192 Å². The number of hydrogen-bond donors (Lipinski definition) is 0. The smallest absolute Gasteiger partial charge is 0.252 e. The van der Waals surface area contributed by atoms with Crippen molar-refractivity contribution in [2.45, 2.75) is 105 Å². The molecule has 0 spiro atoms. The summed E-state index contributed by atoms with van der Waals surface area (Å²) in [5.74, 6) is 0.685. The van der Waals surface area contributed by atoms with Crippen molar-refractivity contribution >= 4 is 57.2 Å². The molecular formula is C62H63BN4. The molecule has 0 fully saturated rings. The molecule has 2 aliphatic heterocycles. The van der Waals surface area contributed by atoms with Crippen molar-refractivity contribution in [2.24, 2.45) is 0 Å². The standard InChI is InChI=1S/C62H63BN4/c1-59(2,3)43-23-29-47(30-24-43)66-53-33-27-45(61(7,8)9)37-49(53)63-50-38-46(62(10,11)12)28-34-54(50)67(48-31-25-44(26-32-48)60(4,5)6)56-36-42(35-55(66)57(56)63)58-64-51(40-19-15-13-16-20-40)39-52(65-58)41-21-17-14-18-22-41/h13-39H,1-12H3. The molecule has 7 aromatic carbocycles. The zero-order valence-electron chi connectivity index (χ0n) is 41.5. The third-order valence-corrected chi connectivity index (χ3v) is 13.9. The van der Waals surface area contributed by atoms with Crippen molar-refractivity contribution in [3.63, 3.8) is 0 Å². The first kappa shape index (κ1) is 44.1. The zero-order valence-corrected chi connectivity index (χ0v) is 41.5. The predicted molar refractivity (Wildman–Crippen MR) is 287 cm³/mol. The van der Waals surface area contributed by atoms with Crippen molar-refractivity contribution in [2.75, 3.05) is 9.80 Å². The molecule has 5 heteroatoms. The highest BCUT2D eigenvalue weighted by molar-refractivity contribution is 7.00. The Morgan fingerprint density at radius 3 is 1.06 bits per heavy atom. The number of aromatic nitrogens is 2. The Morgan fingerprint density at radius 2 is 0.701 bits per heavy atom. The lowest BCUT2D eigenvalue weighted by atomic mass is 9.33. The van der Waals surface area contributed by atoms with Crippen LogP contribution in [0, 0.1) is 0 Å². The van der Waals surface area contributed by atoms with Gasteiger partial charge < -0.3 is 9.80 Å².